The molecule has 0 aromatic heterocycles. The summed E-state index contributed by atoms with van der Waals surface area (Å²) in [5, 5.41) is 0.768. The van der Waals surface area contributed by atoms with Crippen molar-refractivity contribution in [2.24, 2.45) is 5.73 Å². The zero-order chi connectivity index (χ0) is 10.7. The quantitative estimate of drug-likeness (QED) is 0.859. The summed E-state index contributed by atoms with van der Waals surface area (Å²) >= 11 is 6.03. The lowest BCUT2D eigenvalue weighted by molar-refractivity contribution is 0.0358. The summed E-state index contributed by atoms with van der Waals surface area (Å²) in [6, 6.07) is 7.97. The second-order valence-electron chi connectivity index (χ2n) is 4.04. The summed E-state index contributed by atoms with van der Waals surface area (Å²) in [7, 11) is 0. The third kappa shape index (κ3) is 2.71. The number of benzene rings is 1. The van der Waals surface area contributed by atoms with E-state index >= 15 is 0 Å². The lowest BCUT2D eigenvalue weighted by atomic mass is 10.2. The molecule has 0 bridgehead atoms. The van der Waals surface area contributed by atoms with Crippen LogP contribution in [0.15, 0.2) is 24.3 Å². The molecule has 0 radical (unpaired) electrons. The van der Waals surface area contributed by atoms with Crippen molar-refractivity contribution >= 4 is 11.6 Å². The van der Waals surface area contributed by atoms with Crippen LogP contribution in [0.5, 0.6) is 0 Å². The first-order chi connectivity index (χ1) is 7.27. The van der Waals surface area contributed by atoms with E-state index in [-0.39, 0.29) is 12.1 Å². The number of ether oxygens (including phenoxy) is 1. The second-order valence-corrected chi connectivity index (χ2v) is 4.44. The van der Waals surface area contributed by atoms with Gasteiger partial charge in [0.25, 0.3) is 0 Å². The highest BCUT2D eigenvalue weighted by atomic mass is 35.5. The normalized spacial score (nSPS) is 25.7. The van der Waals surface area contributed by atoms with Gasteiger partial charge in [0.1, 0.15) is 0 Å². The first-order valence-electron chi connectivity index (χ1n) is 5.38. The molecule has 0 saturated heterocycles. The van der Waals surface area contributed by atoms with Crippen LogP contribution in [0.25, 0.3) is 0 Å². The van der Waals surface area contributed by atoms with Crippen molar-refractivity contribution in [3.05, 3.63) is 34.9 Å². The van der Waals surface area contributed by atoms with E-state index in [1.165, 1.54) is 6.42 Å². The minimum atomic E-state index is 0.201. The van der Waals surface area contributed by atoms with Gasteiger partial charge in [-0.25, -0.2) is 0 Å². The van der Waals surface area contributed by atoms with Crippen molar-refractivity contribution in [3.8, 4) is 0 Å². The molecule has 2 atom stereocenters. The fourth-order valence-electron chi connectivity index (χ4n) is 1.97. The highest BCUT2D eigenvalue weighted by Gasteiger charge is 2.24. The first kappa shape index (κ1) is 10.9. The number of hydrogen-bond donors (Lipinski definition) is 1. The van der Waals surface area contributed by atoms with Gasteiger partial charge in [-0.05, 0) is 30.9 Å². The third-order valence-corrected chi connectivity index (χ3v) is 3.28. The molecule has 1 aliphatic rings. The van der Waals surface area contributed by atoms with Gasteiger partial charge in [0, 0.05) is 11.1 Å². The van der Waals surface area contributed by atoms with E-state index in [1.54, 1.807) is 0 Å². The van der Waals surface area contributed by atoms with Gasteiger partial charge in [-0.3, -0.25) is 0 Å². The standard InChI is InChI=1S/C12H16ClNO/c13-10-5-2-1-4-9(10)8-15-12-7-3-6-11(12)14/h1-2,4-5,11-12H,3,6-8,14H2. The lowest BCUT2D eigenvalue weighted by Gasteiger charge is -2.16. The Labute approximate surface area is 95.4 Å². The van der Waals surface area contributed by atoms with Gasteiger partial charge in [0.2, 0.25) is 0 Å². The Hall–Kier alpha value is -0.570. The average molecular weight is 226 g/mol. The predicted molar refractivity (Wildman–Crippen MR) is 61.9 cm³/mol. The van der Waals surface area contributed by atoms with E-state index in [4.69, 9.17) is 22.1 Å². The Morgan fingerprint density at radius 3 is 2.80 bits per heavy atom. The Morgan fingerprint density at radius 2 is 2.13 bits per heavy atom. The molecule has 1 aromatic carbocycles. The summed E-state index contributed by atoms with van der Waals surface area (Å²) in [6.07, 6.45) is 3.54. The molecule has 1 fully saturated rings. The maximum Gasteiger partial charge on any atom is 0.0735 e. The maximum atomic E-state index is 6.03. The Balaban J connectivity index is 1.90. The van der Waals surface area contributed by atoms with Crippen LogP contribution in [0.2, 0.25) is 5.02 Å². The van der Waals surface area contributed by atoms with Crippen LogP contribution in [-0.4, -0.2) is 12.1 Å². The van der Waals surface area contributed by atoms with Crippen molar-refractivity contribution in [2.45, 2.75) is 38.0 Å². The highest BCUT2D eigenvalue weighted by Crippen LogP contribution is 2.23. The van der Waals surface area contributed by atoms with Gasteiger partial charge >= 0.3 is 0 Å². The molecule has 0 amide bonds. The summed E-state index contributed by atoms with van der Waals surface area (Å²) in [6.45, 7) is 0.568. The molecular weight excluding hydrogens is 210 g/mol. The third-order valence-electron chi connectivity index (χ3n) is 2.91. The lowest BCUT2D eigenvalue weighted by Crippen LogP contribution is -2.31. The minimum Gasteiger partial charge on any atom is -0.372 e. The van der Waals surface area contributed by atoms with Gasteiger partial charge in [-0.15, -0.1) is 0 Å². The molecule has 0 heterocycles. The molecule has 1 aliphatic carbocycles. The Bertz CT molecular complexity index is 329. The van der Waals surface area contributed by atoms with E-state index in [9.17, 15) is 0 Å². The molecule has 2 unspecified atom stereocenters. The van der Waals surface area contributed by atoms with Crippen LogP contribution in [0.1, 0.15) is 24.8 Å². The number of rotatable bonds is 3. The summed E-state index contributed by atoms with van der Waals surface area (Å²) in [5.74, 6) is 0. The topological polar surface area (TPSA) is 35.2 Å². The molecule has 1 saturated carbocycles. The smallest absolute Gasteiger partial charge is 0.0735 e. The molecule has 15 heavy (non-hydrogen) atoms. The van der Waals surface area contributed by atoms with Crippen LogP contribution in [0.3, 0.4) is 0 Å². The van der Waals surface area contributed by atoms with Crippen LogP contribution in [0, 0.1) is 0 Å². The largest absolute Gasteiger partial charge is 0.372 e. The van der Waals surface area contributed by atoms with Crippen LogP contribution >= 0.6 is 11.6 Å². The number of nitrogens with two attached hydrogens (primary N) is 1. The molecule has 2 rings (SSSR count). The fraction of sp³-hybridized carbons (Fsp3) is 0.500. The molecule has 82 valence electrons. The van der Waals surface area contributed by atoms with Gasteiger partial charge in [-0.2, -0.15) is 0 Å². The van der Waals surface area contributed by atoms with Crippen LogP contribution < -0.4 is 5.73 Å². The Kier molecular flexibility index (Phi) is 3.62. The molecule has 0 spiro atoms. The minimum absolute atomic E-state index is 0.201. The summed E-state index contributed by atoms with van der Waals surface area (Å²) < 4.78 is 5.77. The maximum absolute atomic E-state index is 6.03. The Morgan fingerprint density at radius 1 is 1.33 bits per heavy atom. The number of hydrogen-bond acceptors (Lipinski definition) is 2. The van der Waals surface area contributed by atoms with E-state index in [1.807, 2.05) is 24.3 Å². The average Bonchev–Trinajstić information content (AvgIpc) is 2.63. The van der Waals surface area contributed by atoms with Crippen LogP contribution in [-0.2, 0) is 11.3 Å². The molecule has 3 heteroatoms. The second kappa shape index (κ2) is 4.97. The van der Waals surface area contributed by atoms with Crippen molar-refractivity contribution in [1.29, 1.82) is 0 Å². The van der Waals surface area contributed by atoms with Gasteiger partial charge in [0.15, 0.2) is 0 Å². The molecule has 1 aromatic rings. The SMILES string of the molecule is NC1CCCC1OCc1ccccc1Cl. The van der Waals surface area contributed by atoms with E-state index in [0.717, 1.165) is 23.4 Å². The van der Waals surface area contributed by atoms with Crippen LogP contribution in [0.4, 0.5) is 0 Å². The van der Waals surface area contributed by atoms with Crippen molar-refractivity contribution in [2.75, 3.05) is 0 Å². The van der Waals surface area contributed by atoms with Crippen molar-refractivity contribution in [1.82, 2.24) is 0 Å². The number of halogens is 1. The van der Waals surface area contributed by atoms with Crippen molar-refractivity contribution < 1.29 is 4.74 Å². The predicted octanol–water partition coefficient (Wildman–Crippen LogP) is 2.74. The molecule has 2 N–H and O–H groups in total. The van der Waals surface area contributed by atoms with Crippen molar-refractivity contribution in [3.63, 3.8) is 0 Å². The first-order valence-corrected chi connectivity index (χ1v) is 5.76. The van der Waals surface area contributed by atoms with Gasteiger partial charge < -0.3 is 10.5 Å². The highest BCUT2D eigenvalue weighted by molar-refractivity contribution is 6.31. The zero-order valence-corrected chi connectivity index (χ0v) is 9.41. The molecular formula is C12H16ClNO. The van der Waals surface area contributed by atoms with E-state index < -0.39 is 0 Å². The van der Waals surface area contributed by atoms with E-state index in [2.05, 4.69) is 0 Å². The monoisotopic (exact) mass is 225 g/mol. The molecule has 2 nitrogen and oxygen atoms in total. The van der Waals surface area contributed by atoms with E-state index in [0.29, 0.717) is 6.61 Å². The zero-order valence-electron chi connectivity index (χ0n) is 8.66. The summed E-state index contributed by atoms with van der Waals surface area (Å²) in [5.41, 5.74) is 6.96. The summed E-state index contributed by atoms with van der Waals surface area (Å²) in [4.78, 5) is 0. The molecule has 0 aliphatic heterocycles. The fourth-order valence-corrected chi connectivity index (χ4v) is 2.16. The van der Waals surface area contributed by atoms with Gasteiger partial charge in [0.05, 0.1) is 12.7 Å². The van der Waals surface area contributed by atoms with Gasteiger partial charge in [-0.1, -0.05) is 29.8 Å².